The molecule has 2 aromatic rings. The number of ether oxygens (including phenoxy) is 1. The molecule has 0 amide bonds. The van der Waals surface area contributed by atoms with Gasteiger partial charge in [-0.05, 0) is 43.2 Å². The summed E-state index contributed by atoms with van der Waals surface area (Å²) >= 11 is 0. The second-order valence-electron chi connectivity index (χ2n) is 5.13. The van der Waals surface area contributed by atoms with Crippen molar-refractivity contribution in [2.24, 2.45) is 0 Å². The molecule has 0 saturated heterocycles. The van der Waals surface area contributed by atoms with E-state index < -0.39 is 0 Å². The molecule has 0 aliphatic rings. The number of benzene rings is 2. The lowest BCUT2D eigenvalue weighted by Gasteiger charge is -2.03. The first-order valence-electron chi connectivity index (χ1n) is 6.99. The molecule has 2 rings (SSSR count). The molecule has 0 aromatic heterocycles. The second-order valence-corrected chi connectivity index (χ2v) is 5.13. The fraction of sp³-hybridized carbons (Fsp3) is 0.158. The van der Waals surface area contributed by atoms with Gasteiger partial charge < -0.3 is 4.74 Å². The Morgan fingerprint density at radius 3 is 2.27 bits per heavy atom. The zero-order valence-corrected chi connectivity index (χ0v) is 12.9. The molecule has 2 aromatic carbocycles. The van der Waals surface area contributed by atoms with Crippen LogP contribution in [0.2, 0.25) is 0 Å². The van der Waals surface area contributed by atoms with Crippen LogP contribution in [-0.2, 0) is 4.74 Å². The van der Waals surface area contributed by atoms with Crippen molar-refractivity contribution in [3.05, 3.63) is 76.4 Å². The lowest BCUT2D eigenvalue weighted by Crippen LogP contribution is -2.00. The fourth-order valence-corrected chi connectivity index (χ4v) is 2.20. The standard InChI is InChI=1S/C19H18O3/c1-13-4-10-17(14(2)12-13)18(20)11-7-15-5-8-16(9-6-15)19(21)22-3/h4-12H,1-3H3. The summed E-state index contributed by atoms with van der Waals surface area (Å²) in [6.07, 6.45) is 3.29. The van der Waals surface area contributed by atoms with E-state index in [9.17, 15) is 9.59 Å². The molecule has 0 saturated carbocycles. The smallest absolute Gasteiger partial charge is 0.337 e. The Hall–Kier alpha value is -2.68. The molecule has 0 aliphatic carbocycles. The summed E-state index contributed by atoms with van der Waals surface area (Å²) in [7, 11) is 1.35. The van der Waals surface area contributed by atoms with E-state index in [1.54, 1.807) is 36.4 Å². The minimum Gasteiger partial charge on any atom is -0.465 e. The van der Waals surface area contributed by atoms with Crippen LogP contribution in [0.1, 0.15) is 37.4 Å². The first-order valence-corrected chi connectivity index (χ1v) is 6.99. The van der Waals surface area contributed by atoms with Crippen molar-refractivity contribution in [3.63, 3.8) is 0 Å². The third kappa shape index (κ3) is 3.70. The van der Waals surface area contributed by atoms with Gasteiger partial charge in [-0.15, -0.1) is 0 Å². The highest BCUT2D eigenvalue weighted by molar-refractivity contribution is 6.07. The Morgan fingerprint density at radius 1 is 1.00 bits per heavy atom. The topological polar surface area (TPSA) is 43.4 Å². The van der Waals surface area contributed by atoms with Crippen molar-refractivity contribution in [2.75, 3.05) is 7.11 Å². The van der Waals surface area contributed by atoms with Gasteiger partial charge in [-0.3, -0.25) is 4.79 Å². The number of carbonyl (C=O) groups is 2. The van der Waals surface area contributed by atoms with Crippen LogP contribution in [0.4, 0.5) is 0 Å². The van der Waals surface area contributed by atoms with Crippen LogP contribution in [0.15, 0.2) is 48.5 Å². The quantitative estimate of drug-likeness (QED) is 0.486. The minimum absolute atomic E-state index is 0.0328. The van der Waals surface area contributed by atoms with Crippen molar-refractivity contribution in [1.29, 1.82) is 0 Å². The number of hydrogen-bond acceptors (Lipinski definition) is 3. The predicted octanol–water partition coefficient (Wildman–Crippen LogP) is 3.99. The van der Waals surface area contributed by atoms with Gasteiger partial charge in [-0.2, -0.15) is 0 Å². The Balaban J connectivity index is 2.14. The van der Waals surface area contributed by atoms with Crippen LogP contribution in [0.25, 0.3) is 6.08 Å². The monoisotopic (exact) mass is 294 g/mol. The van der Waals surface area contributed by atoms with Gasteiger partial charge in [-0.1, -0.05) is 42.0 Å². The third-order valence-corrected chi connectivity index (χ3v) is 3.41. The number of allylic oxidation sites excluding steroid dienone is 1. The predicted molar refractivity (Wildman–Crippen MR) is 87.1 cm³/mol. The third-order valence-electron chi connectivity index (χ3n) is 3.41. The van der Waals surface area contributed by atoms with E-state index in [1.165, 1.54) is 7.11 Å². The van der Waals surface area contributed by atoms with Crippen LogP contribution in [0, 0.1) is 13.8 Å². The van der Waals surface area contributed by atoms with Crippen molar-refractivity contribution in [1.82, 2.24) is 0 Å². The highest BCUT2D eigenvalue weighted by atomic mass is 16.5. The number of carbonyl (C=O) groups excluding carboxylic acids is 2. The molecule has 3 nitrogen and oxygen atoms in total. The summed E-state index contributed by atoms with van der Waals surface area (Å²) < 4.78 is 4.64. The lowest BCUT2D eigenvalue weighted by atomic mass is 10.0. The Morgan fingerprint density at radius 2 is 1.68 bits per heavy atom. The molecule has 0 heterocycles. The van der Waals surface area contributed by atoms with Crippen molar-refractivity contribution in [3.8, 4) is 0 Å². The van der Waals surface area contributed by atoms with Gasteiger partial charge in [0.1, 0.15) is 0 Å². The number of aryl methyl sites for hydroxylation is 2. The molecule has 0 fully saturated rings. The molecular formula is C19H18O3. The molecule has 0 spiro atoms. The van der Waals surface area contributed by atoms with E-state index in [0.717, 1.165) is 16.7 Å². The van der Waals surface area contributed by atoms with Crippen LogP contribution < -0.4 is 0 Å². The summed E-state index contributed by atoms with van der Waals surface area (Å²) in [4.78, 5) is 23.6. The average molecular weight is 294 g/mol. The minimum atomic E-state index is -0.373. The zero-order chi connectivity index (χ0) is 16.1. The lowest BCUT2D eigenvalue weighted by molar-refractivity contribution is 0.0600. The Kier molecular flexibility index (Phi) is 4.89. The van der Waals surface area contributed by atoms with E-state index in [-0.39, 0.29) is 11.8 Å². The highest BCUT2D eigenvalue weighted by Gasteiger charge is 2.06. The summed E-state index contributed by atoms with van der Waals surface area (Å²) in [5.41, 5.74) is 4.14. The normalized spacial score (nSPS) is 10.7. The van der Waals surface area contributed by atoms with E-state index in [4.69, 9.17) is 0 Å². The molecule has 0 radical (unpaired) electrons. The molecule has 22 heavy (non-hydrogen) atoms. The molecule has 112 valence electrons. The summed E-state index contributed by atoms with van der Waals surface area (Å²) in [6.45, 7) is 3.93. The zero-order valence-electron chi connectivity index (χ0n) is 12.9. The van der Waals surface area contributed by atoms with Crippen molar-refractivity contribution < 1.29 is 14.3 Å². The van der Waals surface area contributed by atoms with Gasteiger partial charge >= 0.3 is 5.97 Å². The first kappa shape index (κ1) is 15.7. The maximum atomic E-state index is 12.2. The SMILES string of the molecule is COC(=O)c1ccc(C=CC(=O)c2ccc(C)cc2C)cc1. The second kappa shape index (κ2) is 6.85. The van der Waals surface area contributed by atoms with E-state index in [2.05, 4.69) is 4.74 Å². The van der Waals surface area contributed by atoms with Crippen LogP contribution in [0.5, 0.6) is 0 Å². The van der Waals surface area contributed by atoms with E-state index in [1.807, 2.05) is 32.0 Å². The number of ketones is 1. The van der Waals surface area contributed by atoms with Gasteiger partial charge in [0.2, 0.25) is 0 Å². The summed E-state index contributed by atoms with van der Waals surface area (Å²) in [6, 6.07) is 12.7. The molecule has 0 atom stereocenters. The van der Waals surface area contributed by atoms with Gasteiger partial charge in [0.05, 0.1) is 12.7 Å². The van der Waals surface area contributed by atoms with E-state index in [0.29, 0.717) is 11.1 Å². The van der Waals surface area contributed by atoms with Gasteiger partial charge in [0.25, 0.3) is 0 Å². The molecule has 0 aliphatic heterocycles. The van der Waals surface area contributed by atoms with Crippen molar-refractivity contribution >= 4 is 17.8 Å². The molecule has 0 unspecified atom stereocenters. The van der Waals surface area contributed by atoms with Crippen LogP contribution >= 0.6 is 0 Å². The molecule has 0 N–H and O–H groups in total. The number of hydrogen-bond donors (Lipinski definition) is 0. The maximum Gasteiger partial charge on any atom is 0.337 e. The first-order chi connectivity index (χ1) is 10.5. The summed E-state index contributed by atoms with van der Waals surface area (Å²) in [5.74, 6) is -0.406. The highest BCUT2D eigenvalue weighted by Crippen LogP contribution is 2.13. The van der Waals surface area contributed by atoms with Gasteiger partial charge in [-0.25, -0.2) is 4.79 Å². The van der Waals surface area contributed by atoms with Crippen LogP contribution in [-0.4, -0.2) is 18.9 Å². The van der Waals surface area contributed by atoms with Gasteiger partial charge in [0, 0.05) is 5.56 Å². The summed E-state index contributed by atoms with van der Waals surface area (Å²) in [5, 5.41) is 0. The van der Waals surface area contributed by atoms with Gasteiger partial charge in [0.15, 0.2) is 5.78 Å². The molecule has 0 bridgehead atoms. The number of esters is 1. The Labute approximate surface area is 130 Å². The van der Waals surface area contributed by atoms with Crippen LogP contribution in [0.3, 0.4) is 0 Å². The molecular weight excluding hydrogens is 276 g/mol. The largest absolute Gasteiger partial charge is 0.465 e. The van der Waals surface area contributed by atoms with E-state index >= 15 is 0 Å². The van der Waals surface area contributed by atoms with Crippen molar-refractivity contribution in [2.45, 2.75) is 13.8 Å². The average Bonchev–Trinajstić information content (AvgIpc) is 2.52. The maximum absolute atomic E-state index is 12.2. The number of methoxy groups -OCH3 is 1. The molecule has 3 heteroatoms. The Bertz CT molecular complexity index is 725. The number of rotatable bonds is 4. The fourth-order valence-electron chi connectivity index (χ4n) is 2.20.